The van der Waals surface area contributed by atoms with Gasteiger partial charge in [-0.05, 0) is 55.0 Å². The van der Waals surface area contributed by atoms with E-state index >= 15 is 0 Å². The first kappa shape index (κ1) is 14.2. The number of aryl methyl sites for hydroxylation is 1. The van der Waals surface area contributed by atoms with Crippen molar-refractivity contribution in [3.05, 3.63) is 65.2 Å². The third-order valence-corrected chi connectivity index (χ3v) is 4.43. The summed E-state index contributed by atoms with van der Waals surface area (Å²) in [5, 5.41) is 3.77. The molecule has 0 radical (unpaired) electrons. The van der Waals surface area contributed by atoms with Crippen molar-refractivity contribution in [3.8, 4) is 5.75 Å². The number of nitrogens with one attached hydrogen (secondary N) is 1. The molecule has 2 aromatic carbocycles. The molecule has 0 bridgehead atoms. The number of methoxy groups -OCH3 is 1. The molecule has 2 nitrogen and oxygen atoms in total. The summed E-state index contributed by atoms with van der Waals surface area (Å²) in [6.45, 7) is 2.25. The van der Waals surface area contributed by atoms with Crippen LogP contribution in [0.25, 0.3) is 0 Å². The molecule has 2 heteroatoms. The third-order valence-electron chi connectivity index (χ3n) is 4.43. The second-order valence-electron chi connectivity index (χ2n) is 5.87. The molecule has 0 fully saturated rings. The monoisotopic (exact) mass is 281 g/mol. The molecule has 21 heavy (non-hydrogen) atoms. The van der Waals surface area contributed by atoms with Gasteiger partial charge in [-0.2, -0.15) is 0 Å². The average molecular weight is 281 g/mol. The molecule has 1 aliphatic rings. The predicted molar refractivity (Wildman–Crippen MR) is 86.8 cm³/mol. The SMILES string of the molecule is COc1ccc2c(c1)CC(N[C@H](C)c1ccccc1)CC2. The highest BCUT2D eigenvalue weighted by molar-refractivity contribution is 5.38. The summed E-state index contributed by atoms with van der Waals surface area (Å²) in [5.41, 5.74) is 4.26. The van der Waals surface area contributed by atoms with Crippen LogP contribution in [0, 0.1) is 0 Å². The lowest BCUT2D eigenvalue weighted by Gasteiger charge is -2.29. The summed E-state index contributed by atoms with van der Waals surface area (Å²) in [4.78, 5) is 0. The number of hydrogen-bond donors (Lipinski definition) is 1. The van der Waals surface area contributed by atoms with Crippen LogP contribution in [0.4, 0.5) is 0 Å². The highest BCUT2D eigenvalue weighted by Crippen LogP contribution is 2.26. The fourth-order valence-corrected chi connectivity index (χ4v) is 3.19. The van der Waals surface area contributed by atoms with E-state index in [1.165, 1.54) is 23.1 Å². The Balaban J connectivity index is 1.68. The zero-order valence-corrected chi connectivity index (χ0v) is 12.8. The minimum absolute atomic E-state index is 0.392. The summed E-state index contributed by atoms with van der Waals surface area (Å²) < 4.78 is 5.35. The van der Waals surface area contributed by atoms with Gasteiger partial charge in [0, 0.05) is 12.1 Å². The molecule has 3 rings (SSSR count). The number of ether oxygens (including phenoxy) is 1. The van der Waals surface area contributed by atoms with E-state index < -0.39 is 0 Å². The van der Waals surface area contributed by atoms with Gasteiger partial charge in [-0.25, -0.2) is 0 Å². The standard InChI is InChI=1S/C19H23NO/c1-14(15-6-4-3-5-7-15)20-18-10-8-16-9-11-19(21-2)13-17(16)12-18/h3-7,9,11,13-14,18,20H,8,10,12H2,1-2H3/t14-,18?/m1/s1. The maximum absolute atomic E-state index is 5.35. The summed E-state index contributed by atoms with van der Waals surface area (Å²) in [6.07, 6.45) is 3.44. The molecular weight excluding hydrogens is 258 g/mol. The summed E-state index contributed by atoms with van der Waals surface area (Å²) in [7, 11) is 1.73. The van der Waals surface area contributed by atoms with Gasteiger partial charge in [0.15, 0.2) is 0 Å². The van der Waals surface area contributed by atoms with Crippen molar-refractivity contribution in [2.45, 2.75) is 38.3 Å². The van der Waals surface area contributed by atoms with Crippen molar-refractivity contribution in [2.75, 3.05) is 7.11 Å². The second kappa shape index (κ2) is 6.31. The van der Waals surface area contributed by atoms with Crippen molar-refractivity contribution >= 4 is 0 Å². The molecule has 0 aliphatic heterocycles. The fraction of sp³-hybridized carbons (Fsp3) is 0.368. The third kappa shape index (κ3) is 3.27. The van der Waals surface area contributed by atoms with Gasteiger partial charge in [0.1, 0.15) is 5.75 Å². The Hall–Kier alpha value is -1.80. The first-order valence-electron chi connectivity index (χ1n) is 7.73. The Bertz CT molecular complexity index is 594. The Kier molecular flexibility index (Phi) is 4.26. The van der Waals surface area contributed by atoms with Crippen LogP contribution in [0.2, 0.25) is 0 Å². The van der Waals surface area contributed by atoms with Crippen LogP contribution in [0.1, 0.15) is 36.1 Å². The van der Waals surface area contributed by atoms with E-state index in [4.69, 9.17) is 4.74 Å². The van der Waals surface area contributed by atoms with Crippen LogP contribution >= 0.6 is 0 Å². The first-order chi connectivity index (χ1) is 10.3. The smallest absolute Gasteiger partial charge is 0.119 e. The highest BCUT2D eigenvalue weighted by atomic mass is 16.5. The van der Waals surface area contributed by atoms with Crippen molar-refractivity contribution in [1.29, 1.82) is 0 Å². The molecular formula is C19H23NO. The lowest BCUT2D eigenvalue weighted by molar-refractivity contribution is 0.402. The van der Waals surface area contributed by atoms with Gasteiger partial charge < -0.3 is 10.1 Å². The minimum atomic E-state index is 0.392. The Labute approximate surface area is 127 Å². The first-order valence-corrected chi connectivity index (χ1v) is 7.73. The molecule has 2 atom stereocenters. The minimum Gasteiger partial charge on any atom is -0.497 e. The van der Waals surface area contributed by atoms with Gasteiger partial charge >= 0.3 is 0 Å². The van der Waals surface area contributed by atoms with E-state index in [0.717, 1.165) is 18.6 Å². The van der Waals surface area contributed by atoms with E-state index in [1.807, 2.05) is 0 Å². The van der Waals surface area contributed by atoms with Gasteiger partial charge in [-0.1, -0.05) is 36.4 Å². The van der Waals surface area contributed by atoms with Crippen molar-refractivity contribution in [3.63, 3.8) is 0 Å². The van der Waals surface area contributed by atoms with Gasteiger partial charge in [0.2, 0.25) is 0 Å². The molecule has 110 valence electrons. The lowest BCUT2D eigenvalue weighted by atomic mass is 9.87. The number of benzene rings is 2. The topological polar surface area (TPSA) is 21.3 Å². The molecule has 2 aromatic rings. The zero-order valence-electron chi connectivity index (χ0n) is 12.8. The molecule has 1 aliphatic carbocycles. The molecule has 1 N–H and O–H groups in total. The van der Waals surface area contributed by atoms with E-state index in [-0.39, 0.29) is 0 Å². The van der Waals surface area contributed by atoms with Crippen molar-refractivity contribution in [2.24, 2.45) is 0 Å². The van der Waals surface area contributed by atoms with Gasteiger partial charge in [-0.3, -0.25) is 0 Å². The van der Waals surface area contributed by atoms with Crippen molar-refractivity contribution in [1.82, 2.24) is 5.32 Å². The molecule has 0 saturated carbocycles. The van der Waals surface area contributed by atoms with Crippen LogP contribution in [-0.2, 0) is 12.8 Å². The van der Waals surface area contributed by atoms with Crippen LogP contribution in [-0.4, -0.2) is 13.2 Å². The largest absolute Gasteiger partial charge is 0.497 e. The van der Waals surface area contributed by atoms with Gasteiger partial charge in [-0.15, -0.1) is 0 Å². The number of fused-ring (bicyclic) bond motifs is 1. The summed E-state index contributed by atoms with van der Waals surface area (Å²) in [6, 6.07) is 18.1. The molecule has 0 aromatic heterocycles. The maximum atomic E-state index is 5.35. The molecule has 0 heterocycles. The normalized spacial score (nSPS) is 18.9. The van der Waals surface area contributed by atoms with E-state index in [1.54, 1.807) is 7.11 Å². The highest BCUT2D eigenvalue weighted by Gasteiger charge is 2.20. The lowest BCUT2D eigenvalue weighted by Crippen LogP contribution is -2.36. The fourth-order valence-electron chi connectivity index (χ4n) is 3.19. The number of hydrogen-bond acceptors (Lipinski definition) is 2. The van der Waals surface area contributed by atoms with E-state index in [9.17, 15) is 0 Å². The Morgan fingerprint density at radius 2 is 1.90 bits per heavy atom. The predicted octanol–water partition coefficient (Wildman–Crippen LogP) is 3.90. The van der Waals surface area contributed by atoms with Crippen LogP contribution in [0.3, 0.4) is 0 Å². The summed E-state index contributed by atoms with van der Waals surface area (Å²) in [5.74, 6) is 0.963. The van der Waals surface area contributed by atoms with Crippen LogP contribution in [0.5, 0.6) is 5.75 Å². The quantitative estimate of drug-likeness (QED) is 0.917. The molecule has 0 spiro atoms. The Morgan fingerprint density at radius 1 is 1.10 bits per heavy atom. The summed E-state index contributed by atoms with van der Waals surface area (Å²) >= 11 is 0. The average Bonchev–Trinajstić information content (AvgIpc) is 2.55. The molecule has 0 saturated heterocycles. The second-order valence-corrected chi connectivity index (χ2v) is 5.87. The Morgan fingerprint density at radius 3 is 2.67 bits per heavy atom. The van der Waals surface area contributed by atoms with Crippen molar-refractivity contribution < 1.29 is 4.74 Å². The van der Waals surface area contributed by atoms with Gasteiger partial charge in [0.25, 0.3) is 0 Å². The molecule has 0 amide bonds. The van der Waals surface area contributed by atoms with E-state index in [2.05, 4.69) is 60.8 Å². The van der Waals surface area contributed by atoms with Crippen LogP contribution in [0.15, 0.2) is 48.5 Å². The number of rotatable bonds is 4. The molecule has 1 unspecified atom stereocenters. The van der Waals surface area contributed by atoms with Gasteiger partial charge in [0.05, 0.1) is 7.11 Å². The zero-order chi connectivity index (χ0) is 14.7. The van der Waals surface area contributed by atoms with Crippen LogP contribution < -0.4 is 10.1 Å². The van der Waals surface area contributed by atoms with E-state index in [0.29, 0.717) is 12.1 Å². The maximum Gasteiger partial charge on any atom is 0.119 e.